The minimum atomic E-state index is -0.446. The van der Waals surface area contributed by atoms with Crippen LogP contribution in [-0.4, -0.2) is 21.7 Å². The van der Waals surface area contributed by atoms with Crippen molar-refractivity contribution in [3.05, 3.63) is 30.1 Å². The van der Waals surface area contributed by atoms with E-state index in [0.29, 0.717) is 12.2 Å². The highest BCUT2D eigenvalue weighted by molar-refractivity contribution is 5.56. The van der Waals surface area contributed by atoms with Gasteiger partial charge in [-0.2, -0.15) is 0 Å². The first kappa shape index (κ1) is 9.80. The fraction of sp³-hybridized carbons (Fsp3) is 0.333. The largest absolute Gasteiger partial charge is 0.396 e. The van der Waals surface area contributed by atoms with E-state index in [0.717, 1.165) is 18.0 Å². The van der Waals surface area contributed by atoms with Crippen LogP contribution in [0.1, 0.15) is 19.2 Å². The minimum absolute atomic E-state index is 0.0958. The number of nitrogens with zero attached hydrogens (tertiary/aromatic N) is 2. The van der Waals surface area contributed by atoms with Gasteiger partial charge in [-0.05, 0) is 18.9 Å². The summed E-state index contributed by atoms with van der Waals surface area (Å²) in [6.45, 7) is 1.92. The number of aliphatic hydroxyl groups is 1. The summed E-state index contributed by atoms with van der Waals surface area (Å²) < 4.78 is 12.4. The SMILES string of the molecule is C/C(=C\CCO)c1ncc(F)cn1. The van der Waals surface area contributed by atoms with Crippen molar-refractivity contribution in [1.82, 2.24) is 9.97 Å². The van der Waals surface area contributed by atoms with Crippen molar-refractivity contribution < 1.29 is 9.50 Å². The second-order valence-electron chi connectivity index (χ2n) is 2.62. The Bertz CT molecular complexity index is 295. The molecule has 4 heteroatoms. The van der Waals surface area contributed by atoms with Crippen molar-refractivity contribution in [2.24, 2.45) is 0 Å². The Balaban J connectivity index is 2.77. The van der Waals surface area contributed by atoms with Crippen molar-refractivity contribution in [3.63, 3.8) is 0 Å². The van der Waals surface area contributed by atoms with Crippen LogP contribution in [0.25, 0.3) is 5.57 Å². The summed E-state index contributed by atoms with van der Waals surface area (Å²) in [5.74, 6) is 0.0496. The van der Waals surface area contributed by atoms with Crippen LogP contribution in [0.5, 0.6) is 0 Å². The van der Waals surface area contributed by atoms with Gasteiger partial charge in [0.15, 0.2) is 11.6 Å². The Labute approximate surface area is 76.0 Å². The molecule has 0 aliphatic carbocycles. The molecule has 1 aromatic heterocycles. The number of hydrogen-bond donors (Lipinski definition) is 1. The molecule has 0 aliphatic heterocycles. The first-order valence-corrected chi connectivity index (χ1v) is 3.99. The summed E-state index contributed by atoms with van der Waals surface area (Å²) >= 11 is 0. The summed E-state index contributed by atoms with van der Waals surface area (Å²) in [6, 6.07) is 0. The Hall–Kier alpha value is -1.29. The second kappa shape index (κ2) is 4.67. The van der Waals surface area contributed by atoms with Crippen LogP contribution in [0.3, 0.4) is 0 Å². The first-order valence-electron chi connectivity index (χ1n) is 3.99. The Morgan fingerprint density at radius 1 is 1.54 bits per heavy atom. The molecule has 1 heterocycles. The summed E-state index contributed by atoms with van der Waals surface area (Å²) in [5.41, 5.74) is 0.842. The summed E-state index contributed by atoms with van der Waals surface area (Å²) in [5, 5.41) is 8.56. The molecule has 3 nitrogen and oxygen atoms in total. The van der Waals surface area contributed by atoms with Gasteiger partial charge in [0.05, 0.1) is 12.4 Å². The lowest BCUT2D eigenvalue weighted by molar-refractivity contribution is 0.303. The monoisotopic (exact) mass is 182 g/mol. The van der Waals surface area contributed by atoms with Crippen LogP contribution in [0.2, 0.25) is 0 Å². The van der Waals surface area contributed by atoms with E-state index in [1.165, 1.54) is 0 Å². The third kappa shape index (κ3) is 2.91. The molecule has 70 valence electrons. The standard InChI is InChI=1S/C9H11FN2O/c1-7(3-2-4-13)9-11-5-8(10)6-12-9/h3,5-6,13H,2,4H2,1H3/b7-3+. The van der Waals surface area contributed by atoms with E-state index < -0.39 is 5.82 Å². The maximum atomic E-state index is 12.4. The number of rotatable bonds is 3. The summed E-state index contributed by atoms with van der Waals surface area (Å²) in [4.78, 5) is 7.59. The van der Waals surface area contributed by atoms with Crippen molar-refractivity contribution in [2.75, 3.05) is 6.61 Å². The molecule has 0 radical (unpaired) electrons. The van der Waals surface area contributed by atoms with Crippen LogP contribution in [0, 0.1) is 5.82 Å². The van der Waals surface area contributed by atoms with Gasteiger partial charge >= 0.3 is 0 Å². The van der Waals surface area contributed by atoms with Gasteiger partial charge in [-0.15, -0.1) is 0 Å². The van der Waals surface area contributed by atoms with Gasteiger partial charge in [0.1, 0.15) is 0 Å². The van der Waals surface area contributed by atoms with Gasteiger partial charge in [0.2, 0.25) is 0 Å². The molecule has 0 saturated carbocycles. The van der Waals surface area contributed by atoms with Crippen LogP contribution >= 0.6 is 0 Å². The van der Waals surface area contributed by atoms with Crippen molar-refractivity contribution in [1.29, 1.82) is 0 Å². The Morgan fingerprint density at radius 3 is 2.69 bits per heavy atom. The average Bonchev–Trinajstić information content (AvgIpc) is 2.15. The number of allylic oxidation sites excluding steroid dienone is 1. The second-order valence-corrected chi connectivity index (χ2v) is 2.62. The van der Waals surface area contributed by atoms with E-state index in [1.807, 2.05) is 13.0 Å². The number of hydrogen-bond acceptors (Lipinski definition) is 3. The maximum absolute atomic E-state index is 12.4. The van der Waals surface area contributed by atoms with E-state index in [4.69, 9.17) is 5.11 Å². The molecule has 0 unspecified atom stereocenters. The molecule has 0 spiro atoms. The van der Waals surface area contributed by atoms with Crippen molar-refractivity contribution >= 4 is 5.57 Å². The van der Waals surface area contributed by atoms with Crippen molar-refractivity contribution in [3.8, 4) is 0 Å². The van der Waals surface area contributed by atoms with Crippen LogP contribution in [0.15, 0.2) is 18.5 Å². The molecule has 0 bridgehead atoms. The highest BCUT2D eigenvalue weighted by Gasteiger charge is 1.98. The number of aliphatic hydroxyl groups excluding tert-OH is 1. The van der Waals surface area contributed by atoms with E-state index in [-0.39, 0.29) is 6.61 Å². The molecule has 0 atom stereocenters. The Kier molecular flexibility index (Phi) is 3.52. The molecule has 1 rings (SSSR count). The fourth-order valence-corrected chi connectivity index (χ4v) is 0.888. The molecule has 0 aliphatic rings. The molecule has 0 saturated heterocycles. The Morgan fingerprint density at radius 2 is 2.15 bits per heavy atom. The molecular formula is C9H11FN2O. The molecule has 13 heavy (non-hydrogen) atoms. The number of halogens is 1. The highest BCUT2D eigenvalue weighted by Crippen LogP contribution is 2.07. The van der Waals surface area contributed by atoms with Crippen LogP contribution in [-0.2, 0) is 0 Å². The zero-order valence-electron chi connectivity index (χ0n) is 7.37. The van der Waals surface area contributed by atoms with Gasteiger partial charge in [-0.25, -0.2) is 14.4 Å². The fourth-order valence-electron chi connectivity index (χ4n) is 0.888. The topological polar surface area (TPSA) is 46.0 Å². The van der Waals surface area contributed by atoms with E-state index in [9.17, 15) is 4.39 Å². The van der Waals surface area contributed by atoms with E-state index in [1.54, 1.807) is 0 Å². The van der Waals surface area contributed by atoms with Gasteiger partial charge in [0, 0.05) is 6.61 Å². The molecule has 1 N–H and O–H groups in total. The highest BCUT2D eigenvalue weighted by atomic mass is 19.1. The molecular weight excluding hydrogens is 171 g/mol. The van der Waals surface area contributed by atoms with Crippen LogP contribution < -0.4 is 0 Å². The van der Waals surface area contributed by atoms with Gasteiger partial charge in [-0.3, -0.25) is 0 Å². The molecule has 0 fully saturated rings. The maximum Gasteiger partial charge on any atom is 0.159 e. The lowest BCUT2D eigenvalue weighted by atomic mass is 10.2. The lowest BCUT2D eigenvalue weighted by Crippen LogP contribution is -1.92. The normalized spacial score (nSPS) is 11.8. The summed E-state index contributed by atoms with van der Waals surface area (Å²) in [6.07, 6.45) is 4.62. The zero-order chi connectivity index (χ0) is 9.68. The predicted octanol–water partition coefficient (Wildman–Crippen LogP) is 1.40. The van der Waals surface area contributed by atoms with Gasteiger partial charge in [-0.1, -0.05) is 6.08 Å². The third-order valence-electron chi connectivity index (χ3n) is 1.55. The van der Waals surface area contributed by atoms with Gasteiger partial charge in [0.25, 0.3) is 0 Å². The van der Waals surface area contributed by atoms with Crippen molar-refractivity contribution in [2.45, 2.75) is 13.3 Å². The number of aromatic nitrogens is 2. The van der Waals surface area contributed by atoms with E-state index >= 15 is 0 Å². The van der Waals surface area contributed by atoms with Gasteiger partial charge < -0.3 is 5.11 Å². The smallest absolute Gasteiger partial charge is 0.159 e. The first-order chi connectivity index (χ1) is 6.24. The minimum Gasteiger partial charge on any atom is -0.396 e. The molecule has 0 aromatic carbocycles. The average molecular weight is 182 g/mol. The predicted molar refractivity (Wildman–Crippen MR) is 47.3 cm³/mol. The third-order valence-corrected chi connectivity index (χ3v) is 1.55. The molecule has 0 amide bonds. The molecule has 1 aromatic rings. The zero-order valence-corrected chi connectivity index (χ0v) is 7.37. The van der Waals surface area contributed by atoms with E-state index in [2.05, 4.69) is 9.97 Å². The summed E-state index contributed by atoms with van der Waals surface area (Å²) in [7, 11) is 0. The van der Waals surface area contributed by atoms with Crippen LogP contribution in [0.4, 0.5) is 4.39 Å². The lowest BCUT2D eigenvalue weighted by Gasteiger charge is -1.98. The quantitative estimate of drug-likeness (QED) is 0.768.